The maximum Gasteiger partial charge on any atom is 0.106 e. The number of aliphatic hydroxyl groups is 5. The lowest BCUT2D eigenvalue weighted by Gasteiger charge is -2.46. The molecule has 0 radical (unpaired) electrons. The quantitative estimate of drug-likeness (QED) is 0.243. The Morgan fingerprint density at radius 3 is 1.70 bits per heavy atom. The molecule has 5 aliphatic carbocycles. The summed E-state index contributed by atoms with van der Waals surface area (Å²) in [5.74, 6) is 4.60. The molecule has 0 spiro atoms. The lowest BCUT2D eigenvalue weighted by Crippen LogP contribution is -2.53. The summed E-state index contributed by atoms with van der Waals surface area (Å²) >= 11 is 0. The zero-order chi connectivity index (χ0) is 31.7. The van der Waals surface area contributed by atoms with Crippen LogP contribution >= 0.6 is 0 Å². The first-order chi connectivity index (χ1) is 20.9. The molecule has 5 aliphatic rings. The molecule has 256 valence electrons. The Labute approximate surface area is 267 Å². The highest BCUT2D eigenvalue weighted by molar-refractivity contribution is 4.96. The molecular formula is C37H66O7. The van der Waals surface area contributed by atoms with Gasteiger partial charge >= 0.3 is 0 Å². The fourth-order valence-corrected chi connectivity index (χ4v) is 10.1. The van der Waals surface area contributed by atoms with E-state index in [-0.39, 0.29) is 30.1 Å². The van der Waals surface area contributed by atoms with Gasteiger partial charge in [0.2, 0.25) is 0 Å². The Balaban J connectivity index is 1.09. The van der Waals surface area contributed by atoms with Gasteiger partial charge in [0, 0.05) is 0 Å². The van der Waals surface area contributed by atoms with Gasteiger partial charge in [0.1, 0.15) is 12.2 Å². The van der Waals surface area contributed by atoms with Crippen molar-refractivity contribution in [3.63, 3.8) is 0 Å². The molecule has 18 unspecified atom stereocenters. The van der Waals surface area contributed by atoms with Crippen LogP contribution in [0.2, 0.25) is 0 Å². The molecule has 0 aromatic carbocycles. The summed E-state index contributed by atoms with van der Waals surface area (Å²) in [7, 11) is 0. The Morgan fingerprint density at radius 1 is 0.477 bits per heavy atom. The summed E-state index contributed by atoms with van der Waals surface area (Å²) in [6.07, 6.45) is 7.97. The Hall–Kier alpha value is -0.280. The first-order valence-corrected chi connectivity index (χ1v) is 18.6. The Morgan fingerprint density at radius 2 is 1.09 bits per heavy atom. The van der Waals surface area contributed by atoms with Crippen LogP contribution in [0.25, 0.3) is 0 Å². The van der Waals surface area contributed by atoms with Crippen LogP contribution in [0.4, 0.5) is 0 Å². The van der Waals surface area contributed by atoms with E-state index in [9.17, 15) is 25.5 Å². The molecule has 0 aromatic rings. The first kappa shape index (κ1) is 35.0. The van der Waals surface area contributed by atoms with E-state index in [0.717, 1.165) is 49.9 Å². The molecule has 0 aromatic heterocycles. The van der Waals surface area contributed by atoms with Gasteiger partial charge in [-0.05, 0) is 130 Å². The molecule has 0 heterocycles. The van der Waals surface area contributed by atoms with Gasteiger partial charge in [0.25, 0.3) is 0 Å². The molecule has 0 saturated heterocycles. The number of rotatable bonds is 8. The van der Waals surface area contributed by atoms with E-state index in [1.165, 1.54) is 25.7 Å². The van der Waals surface area contributed by atoms with Crippen molar-refractivity contribution in [2.75, 3.05) is 0 Å². The maximum atomic E-state index is 11.2. The number of aliphatic hydroxyl groups excluding tert-OH is 5. The zero-order valence-corrected chi connectivity index (χ0v) is 28.3. The van der Waals surface area contributed by atoms with Gasteiger partial charge in [-0.2, -0.15) is 0 Å². The van der Waals surface area contributed by atoms with Crippen molar-refractivity contribution in [1.29, 1.82) is 0 Å². The van der Waals surface area contributed by atoms with Crippen molar-refractivity contribution in [3.05, 3.63) is 0 Å². The third kappa shape index (κ3) is 8.22. The van der Waals surface area contributed by atoms with Gasteiger partial charge < -0.3 is 35.0 Å². The summed E-state index contributed by atoms with van der Waals surface area (Å²) in [5.41, 5.74) is 0. The van der Waals surface area contributed by atoms with Crippen molar-refractivity contribution in [2.45, 2.75) is 179 Å². The van der Waals surface area contributed by atoms with E-state index >= 15 is 0 Å². The molecule has 0 bridgehead atoms. The lowest BCUT2D eigenvalue weighted by molar-refractivity contribution is -0.187. The minimum absolute atomic E-state index is 0.132. The van der Waals surface area contributed by atoms with Crippen molar-refractivity contribution in [1.82, 2.24) is 0 Å². The fraction of sp³-hybridized carbons (Fsp3) is 1.00. The highest BCUT2D eigenvalue weighted by atomic mass is 16.5. The smallest absolute Gasteiger partial charge is 0.106 e. The monoisotopic (exact) mass is 622 g/mol. The van der Waals surface area contributed by atoms with Crippen LogP contribution < -0.4 is 0 Å². The highest BCUT2D eigenvalue weighted by Gasteiger charge is 2.46. The van der Waals surface area contributed by atoms with Crippen LogP contribution in [0.1, 0.15) is 125 Å². The van der Waals surface area contributed by atoms with Crippen LogP contribution in [-0.4, -0.2) is 80.5 Å². The molecule has 18 atom stereocenters. The van der Waals surface area contributed by atoms with E-state index in [1.807, 2.05) is 0 Å². The number of ether oxygens (including phenoxy) is 2. The third-order valence-corrected chi connectivity index (χ3v) is 13.6. The molecule has 0 aliphatic heterocycles. The average molecular weight is 623 g/mol. The largest absolute Gasteiger partial charge is 0.390 e. The minimum Gasteiger partial charge on any atom is -0.390 e. The fourth-order valence-electron chi connectivity index (χ4n) is 10.1. The molecule has 5 fully saturated rings. The standard InChI is InChI=1S/C37H66O7/c1-20-6-11-31(30(38)14-20)44-33-13-10-27(35(40)37(33)42)18-26-9-12-32(36(41)34(26)39)43-29-16-23(4)24(5)28(19-29)17-25-8-7-21(2)22(3)15-25/h20-42H,6-19H2,1-5H3. The van der Waals surface area contributed by atoms with Crippen LogP contribution in [0.3, 0.4) is 0 Å². The predicted octanol–water partition coefficient (Wildman–Crippen LogP) is 5.47. The summed E-state index contributed by atoms with van der Waals surface area (Å²) in [5, 5.41) is 54.9. The molecular weight excluding hydrogens is 556 g/mol. The van der Waals surface area contributed by atoms with Gasteiger partial charge in [-0.1, -0.05) is 47.5 Å². The molecule has 5 rings (SSSR count). The average Bonchev–Trinajstić information content (AvgIpc) is 2.98. The molecule has 5 saturated carbocycles. The van der Waals surface area contributed by atoms with Gasteiger partial charge in [-0.15, -0.1) is 0 Å². The van der Waals surface area contributed by atoms with Crippen LogP contribution in [0, 0.1) is 53.3 Å². The third-order valence-electron chi connectivity index (χ3n) is 13.6. The first-order valence-electron chi connectivity index (χ1n) is 18.6. The van der Waals surface area contributed by atoms with E-state index in [0.29, 0.717) is 55.8 Å². The van der Waals surface area contributed by atoms with Gasteiger partial charge in [0.05, 0.1) is 42.7 Å². The zero-order valence-electron chi connectivity index (χ0n) is 28.3. The molecule has 0 amide bonds. The molecule has 7 heteroatoms. The molecule has 44 heavy (non-hydrogen) atoms. The van der Waals surface area contributed by atoms with Crippen LogP contribution in [0.15, 0.2) is 0 Å². The van der Waals surface area contributed by atoms with E-state index in [2.05, 4.69) is 34.6 Å². The molecule has 7 nitrogen and oxygen atoms in total. The van der Waals surface area contributed by atoms with E-state index in [4.69, 9.17) is 9.47 Å². The van der Waals surface area contributed by atoms with Gasteiger partial charge in [-0.25, -0.2) is 0 Å². The Bertz CT molecular complexity index is 886. The van der Waals surface area contributed by atoms with E-state index in [1.54, 1.807) is 0 Å². The van der Waals surface area contributed by atoms with Crippen LogP contribution in [-0.2, 0) is 9.47 Å². The summed E-state index contributed by atoms with van der Waals surface area (Å²) in [6, 6.07) is 0. The van der Waals surface area contributed by atoms with Gasteiger partial charge in [0.15, 0.2) is 0 Å². The molecule has 5 N–H and O–H groups in total. The van der Waals surface area contributed by atoms with Crippen LogP contribution in [0.5, 0.6) is 0 Å². The lowest BCUT2D eigenvalue weighted by atomic mass is 9.66. The van der Waals surface area contributed by atoms with Crippen molar-refractivity contribution in [3.8, 4) is 0 Å². The second-order valence-electron chi connectivity index (χ2n) is 16.8. The van der Waals surface area contributed by atoms with Crippen molar-refractivity contribution in [2.24, 2.45) is 53.3 Å². The second-order valence-corrected chi connectivity index (χ2v) is 16.8. The Kier molecular flexibility index (Phi) is 12.2. The van der Waals surface area contributed by atoms with Crippen molar-refractivity contribution < 1.29 is 35.0 Å². The SMILES string of the molecule is CC1CCC(OC2CCC(CC3CCC(OC4CC(C)C(C)C(CC5CCC(C)C(C)C5)C4)C(O)C3O)C(O)C2O)C(O)C1. The maximum absolute atomic E-state index is 11.2. The highest BCUT2D eigenvalue weighted by Crippen LogP contribution is 2.45. The van der Waals surface area contributed by atoms with Gasteiger partial charge in [-0.3, -0.25) is 0 Å². The normalized spacial score (nSPS) is 52.5. The minimum atomic E-state index is -1.01. The summed E-state index contributed by atoms with van der Waals surface area (Å²) in [6.45, 7) is 11.7. The predicted molar refractivity (Wildman–Crippen MR) is 172 cm³/mol. The topological polar surface area (TPSA) is 120 Å². The second kappa shape index (κ2) is 15.3. The summed E-state index contributed by atoms with van der Waals surface area (Å²) < 4.78 is 12.8. The summed E-state index contributed by atoms with van der Waals surface area (Å²) in [4.78, 5) is 0. The van der Waals surface area contributed by atoms with E-state index < -0.39 is 36.6 Å². The number of hydrogen-bond donors (Lipinski definition) is 5. The van der Waals surface area contributed by atoms with Crippen molar-refractivity contribution >= 4 is 0 Å². The number of hydrogen-bond acceptors (Lipinski definition) is 7.